The first-order valence-corrected chi connectivity index (χ1v) is 8.66. The SMILES string of the molecule is O=S(=O)(Nc1c(F)cccc1F)c1ccc(CCBr)cc1. The second-order valence-electron chi connectivity index (χ2n) is 4.29. The van der Waals surface area contributed by atoms with E-state index in [1.165, 1.54) is 12.1 Å². The number of halogens is 3. The van der Waals surface area contributed by atoms with Crippen molar-refractivity contribution in [2.75, 3.05) is 10.1 Å². The minimum Gasteiger partial charge on any atom is -0.274 e. The molecule has 112 valence electrons. The van der Waals surface area contributed by atoms with Gasteiger partial charge in [0.15, 0.2) is 0 Å². The molecule has 3 nitrogen and oxygen atoms in total. The number of sulfonamides is 1. The fraction of sp³-hybridized carbons (Fsp3) is 0.143. The van der Waals surface area contributed by atoms with Gasteiger partial charge in [-0.05, 0) is 36.2 Å². The van der Waals surface area contributed by atoms with Crippen molar-refractivity contribution in [2.24, 2.45) is 0 Å². The molecule has 0 aromatic heterocycles. The number of para-hydroxylation sites is 1. The Morgan fingerprint density at radius 2 is 1.57 bits per heavy atom. The summed E-state index contributed by atoms with van der Waals surface area (Å²) in [5.41, 5.74) is 0.282. The smallest absolute Gasteiger partial charge is 0.262 e. The molecule has 0 heterocycles. The first-order chi connectivity index (χ1) is 9.94. The Morgan fingerprint density at radius 1 is 1.00 bits per heavy atom. The maximum absolute atomic E-state index is 13.5. The molecule has 0 atom stereocenters. The van der Waals surface area contributed by atoms with Crippen molar-refractivity contribution >= 4 is 31.6 Å². The summed E-state index contributed by atoms with van der Waals surface area (Å²) in [5.74, 6) is -1.93. The van der Waals surface area contributed by atoms with Crippen molar-refractivity contribution in [1.29, 1.82) is 0 Å². The summed E-state index contributed by atoms with van der Waals surface area (Å²) in [7, 11) is -4.03. The lowest BCUT2D eigenvalue weighted by atomic mass is 10.2. The van der Waals surface area contributed by atoms with Gasteiger partial charge in [-0.15, -0.1) is 0 Å². The number of hydrogen-bond acceptors (Lipinski definition) is 2. The van der Waals surface area contributed by atoms with E-state index >= 15 is 0 Å². The fourth-order valence-electron chi connectivity index (χ4n) is 1.73. The molecular formula is C14H12BrF2NO2S. The van der Waals surface area contributed by atoms with Gasteiger partial charge in [0, 0.05) is 5.33 Å². The predicted octanol–water partition coefficient (Wildman–Crippen LogP) is 3.70. The Labute approximate surface area is 130 Å². The zero-order chi connectivity index (χ0) is 15.5. The molecule has 0 bridgehead atoms. The van der Waals surface area contributed by atoms with Gasteiger partial charge < -0.3 is 0 Å². The number of anilines is 1. The number of hydrogen-bond donors (Lipinski definition) is 1. The molecule has 0 spiro atoms. The molecule has 21 heavy (non-hydrogen) atoms. The highest BCUT2D eigenvalue weighted by Gasteiger charge is 2.18. The molecule has 7 heteroatoms. The Kier molecular flexibility index (Phi) is 4.95. The van der Waals surface area contributed by atoms with Crippen molar-refractivity contribution in [2.45, 2.75) is 11.3 Å². The molecule has 0 radical (unpaired) electrons. The van der Waals surface area contributed by atoms with Crippen LogP contribution in [0.5, 0.6) is 0 Å². The molecule has 0 amide bonds. The van der Waals surface area contributed by atoms with E-state index in [2.05, 4.69) is 15.9 Å². The van der Waals surface area contributed by atoms with E-state index in [1.54, 1.807) is 12.1 Å². The van der Waals surface area contributed by atoms with Crippen molar-refractivity contribution in [1.82, 2.24) is 0 Å². The number of rotatable bonds is 5. The number of benzene rings is 2. The van der Waals surface area contributed by atoms with E-state index in [0.717, 1.165) is 35.5 Å². The molecule has 2 aromatic rings. The van der Waals surface area contributed by atoms with Crippen LogP contribution in [0.4, 0.5) is 14.5 Å². The van der Waals surface area contributed by atoms with Gasteiger partial charge in [-0.1, -0.05) is 34.1 Å². The molecule has 0 aliphatic carbocycles. The number of alkyl halides is 1. The molecule has 2 rings (SSSR count). The Balaban J connectivity index is 2.30. The van der Waals surface area contributed by atoms with Crippen LogP contribution >= 0.6 is 15.9 Å². The minimum atomic E-state index is -4.03. The molecule has 1 N–H and O–H groups in total. The second-order valence-corrected chi connectivity index (χ2v) is 6.76. The van der Waals surface area contributed by atoms with Crippen molar-refractivity contribution < 1.29 is 17.2 Å². The van der Waals surface area contributed by atoms with Crippen LogP contribution in [0.15, 0.2) is 47.4 Å². The summed E-state index contributed by atoms with van der Waals surface area (Å²) in [4.78, 5) is -0.0523. The third-order valence-corrected chi connectivity index (χ3v) is 4.58. The van der Waals surface area contributed by atoms with E-state index in [9.17, 15) is 17.2 Å². The summed E-state index contributed by atoms with van der Waals surface area (Å²) in [6, 6.07) is 9.26. The lowest BCUT2D eigenvalue weighted by Crippen LogP contribution is -2.15. The number of nitrogens with one attached hydrogen (secondary N) is 1. The second kappa shape index (κ2) is 6.53. The van der Waals surface area contributed by atoms with Crippen molar-refractivity contribution in [3.63, 3.8) is 0 Å². The van der Waals surface area contributed by atoms with E-state index in [4.69, 9.17) is 0 Å². The Hall–Kier alpha value is -1.47. The summed E-state index contributed by atoms with van der Waals surface area (Å²) in [6.07, 6.45) is 0.760. The largest absolute Gasteiger partial charge is 0.274 e. The van der Waals surface area contributed by atoms with Gasteiger partial charge >= 0.3 is 0 Å². The summed E-state index contributed by atoms with van der Waals surface area (Å²) in [5, 5.41) is 0.762. The quantitative estimate of drug-likeness (QED) is 0.809. The van der Waals surface area contributed by atoms with Gasteiger partial charge in [-0.3, -0.25) is 4.72 Å². The molecule has 2 aromatic carbocycles. The highest BCUT2D eigenvalue weighted by molar-refractivity contribution is 9.09. The highest BCUT2D eigenvalue weighted by atomic mass is 79.9. The monoisotopic (exact) mass is 375 g/mol. The predicted molar refractivity (Wildman–Crippen MR) is 81.1 cm³/mol. The Morgan fingerprint density at radius 3 is 2.10 bits per heavy atom. The van der Waals surface area contributed by atoms with Crippen LogP contribution in [0, 0.1) is 11.6 Å². The zero-order valence-corrected chi connectivity index (χ0v) is 13.2. The van der Waals surface area contributed by atoms with E-state index in [0.29, 0.717) is 0 Å². The van der Waals surface area contributed by atoms with Crippen LogP contribution in [-0.2, 0) is 16.4 Å². The maximum atomic E-state index is 13.5. The van der Waals surface area contributed by atoms with E-state index < -0.39 is 27.3 Å². The van der Waals surface area contributed by atoms with Crippen LogP contribution in [0.3, 0.4) is 0 Å². The summed E-state index contributed by atoms with van der Waals surface area (Å²) in [6.45, 7) is 0. The molecule has 0 unspecified atom stereocenters. The molecule has 0 fully saturated rings. The topological polar surface area (TPSA) is 46.2 Å². The van der Waals surface area contributed by atoms with Gasteiger partial charge in [0.05, 0.1) is 4.90 Å². The average molecular weight is 376 g/mol. The minimum absolute atomic E-state index is 0.0523. The molecular weight excluding hydrogens is 364 g/mol. The summed E-state index contributed by atoms with van der Waals surface area (Å²) < 4.78 is 53.2. The molecule has 0 aliphatic rings. The lowest BCUT2D eigenvalue weighted by Gasteiger charge is -2.10. The van der Waals surface area contributed by atoms with Crippen LogP contribution in [0.1, 0.15) is 5.56 Å². The van der Waals surface area contributed by atoms with Crippen molar-refractivity contribution in [3.8, 4) is 0 Å². The van der Waals surface area contributed by atoms with E-state index in [1.807, 2.05) is 4.72 Å². The maximum Gasteiger partial charge on any atom is 0.262 e. The molecule has 0 saturated carbocycles. The lowest BCUT2D eigenvalue weighted by molar-refractivity contribution is 0.583. The molecule has 0 saturated heterocycles. The number of aryl methyl sites for hydroxylation is 1. The summed E-state index contributed by atoms with van der Waals surface area (Å²) >= 11 is 3.29. The normalized spacial score (nSPS) is 11.4. The van der Waals surface area contributed by atoms with Gasteiger partial charge in [-0.2, -0.15) is 0 Å². The highest BCUT2D eigenvalue weighted by Crippen LogP contribution is 2.22. The first kappa shape index (κ1) is 15.9. The molecule has 0 aliphatic heterocycles. The van der Waals surface area contributed by atoms with Gasteiger partial charge in [0.25, 0.3) is 10.0 Å². The van der Waals surface area contributed by atoms with Crippen LogP contribution in [0.25, 0.3) is 0 Å². The van der Waals surface area contributed by atoms with Crippen LogP contribution < -0.4 is 4.72 Å². The third-order valence-electron chi connectivity index (χ3n) is 2.82. The van der Waals surface area contributed by atoms with Crippen LogP contribution in [0.2, 0.25) is 0 Å². The van der Waals surface area contributed by atoms with Gasteiger partial charge in [0.1, 0.15) is 17.3 Å². The van der Waals surface area contributed by atoms with Gasteiger partial charge in [0.2, 0.25) is 0 Å². The van der Waals surface area contributed by atoms with Crippen molar-refractivity contribution in [3.05, 3.63) is 59.7 Å². The average Bonchev–Trinajstić information content (AvgIpc) is 2.44. The van der Waals surface area contributed by atoms with Crippen LogP contribution in [-0.4, -0.2) is 13.7 Å². The fourth-order valence-corrected chi connectivity index (χ4v) is 3.27. The van der Waals surface area contributed by atoms with Gasteiger partial charge in [-0.25, -0.2) is 17.2 Å². The van der Waals surface area contributed by atoms with E-state index in [-0.39, 0.29) is 4.90 Å². The standard InChI is InChI=1S/C14H12BrF2NO2S/c15-9-8-10-4-6-11(7-5-10)21(19,20)18-14-12(16)2-1-3-13(14)17/h1-7,18H,8-9H2. The first-order valence-electron chi connectivity index (χ1n) is 6.06. The zero-order valence-electron chi connectivity index (χ0n) is 10.8. The Bertz CT molecular complexity index is 713. The third kappa shape index (κ3) is 3.79.